The first kappa shape index (κ1) is 15.6. The van der Waals surface area contributed by atoms with Crippen molar-refractivity contribution in [2.45, 2.75) is 37.3 Å². The number of hydrogen-bond acceptors (Lipinski definition) is 4. The van der Waals surface area contributed by atoms with E-state index >= 15 is 0 Å². The Labute approximate surface area is 147 Å². The SMILES string of the molecule is CC=C1CN[C@@H]2C[C@@]3(C(=O)N(OC)c4ccccc43)[C@@H]3C[C@H]1[C@H]2CO3. The third-order valence-electron chi connectivity index (χ3n) is 6.85. The van der Waals surface area contributed by atoms with Gasteiger partial charge in [0.05, 0.1) is 25.5 Å². The van der Waals surface area contributed by atoms with E-state index in [1.807, 2.05) is 18.2 Å². The van der Waals surface area contributed by atoms with Crippen molar-refractivity contribution >= 4 is 11.6 Å². The van der Waals surface area contributed by atoms with Crippen molar-refractivity contribution in [3.05, 3.63) is 41.5 Å². The van der Waals surface area contributed by atoms with Gasteiger partial charge in [0.15, 0.2) is 0 Å². The van der Waals surface area contributed by atoms with Crippen LogP contribution < -0.4 is 10.4 Å². The van der Waals surface area contributed by atoms with Gasteiger partial charge in [-0.15, -0.1) is 0 Å². The van der Waals surface area contributed by atoms with E-state index in [2.05, 4.69) is 24.4 Å². The molecule has 6 rings (SSSR count). The van der Waals surface area contributed by atoms with Crippen molar-refractivity contribution in [2.75, 3.05) is 25.3 Å². The molecule has 5 nitrogen and oxygen atoms in total. The van der Waals surface area contributed by atoms with Crippen molar-refractivity contribution < 1.29 is 14.4 Å². The van der Waals surface area contributed by atoms with Gasteiger partial charge in [-0.05, 0) is 37.3 Å². The van der Waals surface area contributed by atoms with Crippen molar-refractivity contribution in [1.82, 2.24) is 5.32 Å². The Morgan fingerprint density at radius 2 is 2.24 bits per heavy atom. The maximum Gasteiger partial charge on any atom is 0.264 e. The molecule has 3 saturated heterocycles. The number of rotatable bonds is 1. The third kappa shape index (κ3) is 1.86. The van der Waals surface area contributed by atoms with Crippen molar-refractivity contribution in [3.63, 3.8) is 0 Å². The number of anilines is 1. The lowest BCUT2D eigenvalue weighted by Crippen LogP contribution is -2.50. The summed E-state index contributed by atoms with van der Waals surface area (Å²) in [6.07, 6.45) is 3.85. The molecule has 5 heteroatoms. The van der Waals surface area contributed by atoms with Crippen LogP contribution in [0.2, 0.25) is 0 Å². The fourth-order valence-corrected chi connectivity index (χ4v) is 5.66. The second kappa shape index (κ2) is 5.40. The number of amides is 1. The molecule has 4 fully saturated rings. The predicted octanol–water partition coefficient (Wildman–Crippen LogP) is 2.18. The van der Waals surface area contributed by atoms with Crippen molar-refractivity contribution in [2.24, 2.45) is 11.8 Å². The fourth-order valence-electron chi connectivity index (χ4n) is 5.66. The lowest BCUT2D eigenvalue weighted by Gasteiger charge is -2.42. The Balaban J connectivity index is 1.68. The minimum atomic E-state index is -0.642. The van der Waals surface area contributed by atoms with Gasteiger partial charge in [-0.2, -0.15) is 5.06 Å². The van der Waals surface area contributed by atoms with E-state index in [9.17, 15) is 4.79 Å². The number of ether oxygens (including phenoxy) is 1. The first-order chi connectivity index (χ1) is 12.2. The zero-order valence-electron chi connectivity index (χ0n) is 14.7. The molecule has 1 spiro atoms. The molecule has 132 valence electrons. The summed E-state index contributed by atoms with van der Waals surface area (Å²) < 4.78 is 6.32. The van der Waals surface area contributed by atoms with Crippen LogP contribution in [0.4, 0.5) is 5.69 Å². The van der Waals surface area contributed by atoms with Crippen LogP contribution in [0, 0.1) is 11.8 Å². The van der Waals surface area contributed by atoms with Gasteiger partial charge in [0.1, 0.15) is 5.41 Å². The first-order valence-corrected chi connectivity index (χ1v) is 9.19. The Morgan fingerprint density at radius 1 is 1.40 bits per heavy atom. The molecule has 1 aromatic carbocycles. The molecule has 0 radical (unpaired) electrons. The molecule has 5 atom stereocenters. The van der Waals surface area contributed by atoms with Gasteiger partial charge >= 0.3 is 0 Å². The van der Waals surface area contributed by atoms with Crippen LogP contribution in [0.5, 0.6) is 0 Å². The number of fused-ring (bicyclic) bond motifs is 2. The largest absolute Gasteiger partial charge is 0.376 e. The summed E-state index contributed by atoms with van der Waals surface area (Å²) in [6, 6.07) is 8.33. The Morgan fingerprint density at radius 3 is 3.04 bits per heavy atom. The predicted molar refractivity (Wildman–Crippen MR) is 94.1 cm³/mol. The molecule has 4 heterocycles. The standard InChI is InChI=1S/C20H24N2O3/c1-3-12-10-21-16-9-20(18-8-13(12)14(16)11-25-18)15-6-4-5-7-17(15)22(24-2)19(20)23/h3-7,13-14,16,18,21H,8-11H2,1-2H3/t13-,14-,16-,18+,20+/m1/s1. The fraction of sp³-hybridized carbons (Fsp3) is 0.550. The molecule has 4 aliphatic heterocycles. The van der Waals surface area contributed by atoms with Gasteiger partial charge in [0.2, 0.25) is 0 Å². The number of nitrogens with zero attached hydrogens (tertiary/aromatic N) is 1. The van der Waals surface area contributed by atoms with Gasteiger partial charge in [0, 0.05) is 18.5 Å². The molecule has 1 amide bonds. The normalized spacial score (nSPS) is 40.6. The maximum atomic E-state index is 13.5. The molecular formula is C20H24N2O3. The van der Waals surface area contributed by atoms with E-state index in [0.29, 0.717) is 17.9 Å². The summed E-state index contributed by atoms with van der Waals surface area (Å²) in [4.78, 5) is 19.0. The Kier molecular flexibility index (Phi) is 3.36. The van der Waals surface area contributed by atoms with Crippen LogP contribution in [0.1, 0.15) is 25.3 Å². The summed E-state index contributed by atoms with van der Waals surface area (Å²) in [5.41, 5.74) is 2.75. The van der Waals surface area contributed by atoms with E-state index in [1.165, 1.54) is 10.6 Å². The monoisotopic (exact) mass is 340 g/mol. The highest BCUT2D eigenvalue weighted by atomic mass is 16.7. The molecule has 25 heavy (non-hydrogen) atoms. The van der Waals surface area contributed by atoms with E-state index < -0.39 is 5.41 Å². The minimum Gasteiger partial charge on any atom is -0.376 e. The minimum absolute atomic E-state index is 0.0261. The van der Waals surface area contributed by atoms with E-state index in [1.54, 1.807) is 7.11 Å². The van der Waals surface area contributed by atoms with Crippen LogP contribution in [0.25, 0.3) is 0 Å². The number of hydroxylamine groups is 1. The highest BCUT2D eigenvalue weighted by molar-refractivity contribution is 6.07. The highest BCUT2D eigenvalue weighted by Crippen LogP contribution is 2.55. The molecule has 4 bridgehead atoms. The van der Waals surface area contributed by atoms with Gasteiger partial charge in [-0.25, -0.2) is 0 Å². The summed E-state index contributed by atoms with van der Waals surface area (Å²) in [5, 5.41) is 5.16. The van der Waals surface area contributed by atoms with Gasteiger partial charge in [-0.3, -0.25) is 9.63 Å². The zero-order valence-corrected chi connectivity index (χ0v) is 14.7. The summed E-state index contributed by atoms with van der Waals surface area (Å²) in [5.74, 6) is 0.997. The number of piperidine rings is 1. The molecule has 0 aromatic heterocycles. The molecular weight excluding hydrogens is 316 g/mol. The van der Waals surface area contributed by atoms with Crippen LogP contribution in [0.15, 0.2) is 35.9 Å². The number of allylic oxidation sites excluding steroid dienone is 1. The van der Waals surface area contributed by atoms with E-state index in [4.69, 9.17) is 9.57 Å². The van der Waals surface area contributed by atoms with Crippen molar-refractivity contribution in [3.8, 4) is 0 Å². The van der Waals surface area contributed by atoms with Crippen molar-refractivity contribution in [1.29, 1.82) is 0 Å². The molecule has 5 aliphatic rings. The lowest BCUT2D eigenvalue weighted by atomic mass is 9.72. The number of carbonyl (C=O) groups is 1. The number of nitrogens with one attached hydrogen (secondary N) is 1. The van der Waals surface area contributed by atoms with Gasteiger partial charge in [0.25, 0.3) is 5.91 Å². The van der Waals surface area contributed by atoms with Gasteiger partial charge < -0.3 is 10.1 Å². The number of hydrogen-bond donors (Lipinski definition) is 1. The smallest absolute Gasteiger partial charge is 0.264 e. The third-order valence-corrected chi connectivity index (χ3v) is 6.85. The lowest BCUT2D eigenvalue weighted by molar-refractivity contribution is -0.137. The summed E-state index contributed by atoms with van der Waals surface area (Å²) in [6.45, 7) is 3.78. The molecule has 1 aromatic rings. The molecule has 0 unspecified atom stereocenters. The van der Waals surface area contributed by atoms with Crippen LogP contribution in [0.3, 0.4) is 0 Å². The van der Waals surface area contributed by atoms with Crippen LogP contribution in [-0.4, -0.2) is 38.3 Å². The van der Waals surface area contributed by atoms with Crippen LogP contribution >= 0.6 is 0 Å². The average Bonchev–Trinajstić information content (AvgIpc) is 2.74. The zero-order chi connectivity index (χ0) is 17.2. The van der Waals surface area contributed by atoms with Crippen LogP contribution in [-0.2, 0) is 19.8 Å². The average molecular weight is 340 g/mol. The number of benzene rings is 1. The first-order valence-electron chi connectivity index (χ1n) is 9.19. The quantitative estimate of drug-likeness (QED) is 0.796. The Hall–Kier alpha value is -1.69. The number of para-hydroxylation sites is 1. The number of carbonyl (C=O) groups excluding carboxylic acids is 1. The molecule has 1 N–H and O–H groups in total. The van der Waals surface area contributed by atoms with Gasteiger partial charge in [-0.1, -0.05) is 29.8 Å². The maximum absolute atomic E-state index is 13.5. The van der Waals surface area contributed by atoms with E-state index in [-0.39, 0.29) is 12.0 Å². The highest BCUT2D eigenvalue weighted by Gasteiger charge is 2.63. The Bertz CT molecular complexity index is 761. The molecule has 1 aliphatic carbocycles. The molecule has 1 saturated carbocycles. The van der Waals surface area contributed by atoms with E-state index in [0.717, 1.165) is 37.2 Å². The summed E-state index contributed by atoms with van der Waals surface area (Å²) in [7, 11) is 1.57. The summed E-state index contributed by atoms with van der Waals surface area (Å²) >= 11 is 0. The topological polar surface area (TPSA) is 50.8 Å². The second-order valence-corrected chi connectivity index (χ2v) is 7.65. The second-order valence-electron chi connectivity index (χ2n) is 7.65.